The van der Waals surface area contributed by atoms with E-state index in [9.17, 15) is 4.39 Å². The van der Waals surface area contributed by atoms with Crippen molar-refractivity contribution in [3.05, 3.63) is 48.4 Å². The molecule has 0 saturated heterocycles. The second-order valence-corrected chi connectivity index (χ2v) is 5.02. The third-order valence-corrected chi connectivity index (χ3v) is 3.50. The van der Waals surface area contributed by atoms with Gasteiger partial charge in [0, 0.05) is 38.4 Å². The fourth-order valence-electron chi connectivity index (χ4n) is 2.28. The second kappa shape index (κ2) is 6.11. The first-order chi connectivity index (χ1) is 10.7. The van der Waals surface area contributed by atoms with Gasteiger partial charge >= 0.3 is 0 Å². The Morgan fingerprint density at radius 3 is 2.73 bits per heavy atom. The molecule has 2 heterocycles. The zero-order valence-electron chi connectivity index (χ0n) is 12.5. The van der Waals surface area contributed by atoms with Crippen LogP contribution >= 0.6 is 0 Å². The molecule has 1 aromatic carbocycles. The van der Waals surface area contributed by atoms with E-state index in [0.29, 0.717) is 6.61 Å². The van der Waals surface area contributed by atoms with E-state index in [1.54, 1.807) is 30.0 Å². The Labute approximate surface area is 128 Å². The molecule has 2 aromatic heterocycles. The molecule has 22 heavy (non-hydrogen) atoms. The van der Waals surface area contributed by atoms with E-state index in [4.69, 9.17) is 4.74 Å². The van der Waals surface area contributed by atoms with Gasteiger partial charge in [0.15, 0.2) is 5.65 Å². The van der Waals surface area contributed by atoms with Crippen LogP contribution in [0, 0.1) is 5.82 Å². The first-order valence-corrected chi connectivity index (χ1v) is 7.00. The summed E-state index contributed by atoms with van der Waals surface area (Å²) in [6.45, 7) is 1.35. The number of nitrogens with zero attached hydrogens (tertiary/aromatic N) is 4. The Bertz CT molecular complexity index is 769. The summed E-state index contributed by atoms with van der Waals surface area (Å²) in [5.41, 5.74) is 2.40. The number of hydrogen-bond acceptors (Lipinski definition) is 4. The molecule has 6 heteroatoms. The van der Waals surface area contributed by atoms with E-state index in [-0.39, 0.29) is 5.82 Å². The van der Waals surface area contributed by atoms with Gasteiger partial charge in [0.2, 0.25) is 0 Å². The monoisotopic (exact) mass is 300 g/mol. The number of methoxy groups -OCH3 is 1. The lowest BCUT2D eigenvalue weighted by atomic mass is 10.1. The van der Waals surface area contributed by atoms with Gasteiger partial charge < -0.3 is 9.64 Å². The zero-order chi connectivity index (χ0) is 15.5. The summed E-state index contributed by atoms with van der Waals surface area (Å²) in [5.74, 6) is 0.651. The van der Waals surface area contributed by atoms with Crippen LogP contribution in [-0.2, 0) is 4.74 Å². The maximum atomic E-state index is 13.1. The standard InChI is InChI=1S/C16H17FN4O/c1-20(9-10-22-2)16-11-14(12-3-5-13(17)6-4-12)19-15-7-8-18-21(15)16/h3-8,11H,9-10H2,1-2H3. The van der Waals surface area contributed by atoms with E-state index in [0.717, 1.165) is 29.3 Å². The van der Waals surface area contributed by atoms with E-state index in [2.05, 4.69) is 15.0 Å². The molecule has 3 rings (SSSR count). The number of anilines is 1. The molecule has 0 radical (unpaired) electrons. The highest BCUT2D eigenvalue weighted by molar-refractivity contribution is 5.66. The van der Waals surface area contributed by atoms with Crippen LogP contribution in [0.25, 0.3) is 16.9 Å². The Kier molecular flexibility index (Phi) is 4.02. The number of aromatic nitrogens is 3. The van der Waals surface area contributed by atoms with Gasteiger partial charge in [-0.3, -0.25) is 0 Å². The van der Waals surface area contributed by atoms with E-state index >= 15 is 0 Å². The zero-order valence-corrected chi connectivity index (χ0v) is 12.5. The van der Waals surface area contributed by atoms with Crippen molar-refractivity contribution < 1.29 is 9.13 Å². The molecular weight excluding hydrogens is 283 g/mol. The third-order valence-electron chi connectivity index (χ3n) is 3.50. The van der Waals surface area contributed by atoms with Gasteiger partial charge in [-0.2, -0.15) is 9.61 Å². The molecule has 5 nitrogen and oxygen atoms in total. The molecule has 0 aliphatic carbocycles. The highest BCUT2D eigenvalue weighted by Gasteiger charge is 2.11. The Morgan fingerprint density at radius 1 is 1.23 bits per heavy atom. The van der Waals surface area contributed by atoms with Crippen molar-refractivity contribution in [3.63, 3.8) is 0 Å². The molecule has 0 fully saturated rings. The predicted molar refractivity (Wildman–Crippen MR) is 83.5 cm³/mol. The first-order valence-electron chi connectivity index (χ1n) is 7.00. The third kappa shape index (κ3) is 2.78. The molecule has 0 atom stereocenters. The summed E-state index contributed by atoms with van der Waals surface area (Å²) >= 11 is 0. The summed E-state index contributed by atoms with van der Waals surface area (Å²) in [6.07, 6.45) is 1.71. The highest BCUT2D eigenvalue weighted by Crippen LogP contribution is 2.24. The molecule has 0 N–H and O–H groups in total. The Morgan fingerprint density at radius 2 is 2.00 bits per heavy atom. The minimum atomic E-state index is -0.258. The molecule has 0 unspecified atom stereocenters. The molecule has 114 valence electrons. The summed E-state index contributed by atoms with van der Waals surface area (Å²) in [6, 6.07) is 10.1. The van der Waals surface area contributed by atoms with Crippen LogP contribution in [0.2, 0.25) is 0 Å². The maximum Gasteiger partial charge on any atom is 0.157 e. The van der Waals surface area contributed by atoms with Crippen LogP contribution in [0.4, 0.5) is 10.2 Å². The topological polar surface area (TPSA) is 42.7 Å². The number of rotatable bonds is 5. The normalized spacial score (nSPS) is 11.0. The van der Waals surface area contributed by atoms with Gasteiger partial charge in [-0.15, -0.1) is 0 Å². The van der Waals surface area contributed by atoms with Gasteiger partial charge in [-0.25, -0.2) is 9.37 Å². The smallest absolute Gasteiger partial charge is 0.157 e. The number of halogens is 1. The van der Waals surface area contributed by atoms with Crippen LogP contribution in [0.15, 0.2) is 42.6 Å². The molecule has 0 spiro atoms. The number of hydrogen-bond donors (Lipinski definition) is 0. The van der Waals surface area contributed by atoms with Crippen LogP contribution in [0.1, 0.15) is 0 Å². The van der Waals surface area contributed by atoms with E-state index in [1.165, 1.54) is 12.1 Å². The number of likely N-dealkylation sites (N-methyl/N-ethyl adjacent to an activating group) is 1. The van der Waals surface area contributed by atoms with Crippen molar-refractivity contribution in [2.75, 3.05) is 32.2 Å². The summed E-state index contributed by atoms with van der Waals surface area (Å²) in [4.78, 5) is 6.63. The average Bonchev–Trinajstić information content (AvgIpc) is 3.00. The lowest BCUT2D eigenvalue weighted by Crippen LogP contribution is -2.24. The van der Waals surface area contributed by atoms with Crippen molar-refractivity contribution in [1.29, 1.82) is 0 Å². The maximum absolute atomic E-state index is 13.1. The minimum Gasteiger partial charge on any atom is -0.383 e. The molecule has 0 saturated carbocycles. The van der Waals surface area contributed by atoms with Crippen LogP contribution in [-0.4, -0.2) is 41.9 Å². The Hall–Kier alpha value is -2.47. The highest BCUT2D eigenvalue weighted by atomic mass is 19.1. The largest absolute Gasteiger partial charge is 0.383 e. The fraction of sp³-hybridized carbons (Fsp3) is 0.250. The van der Waals surface area contributed by atoms with E-state index < -0.39 is 0 Å². The number of ether oxygens (including phenoxy) is 1. The van der Waals surface area contributed by atoms with Crippen LogP contribution in [0.5, 0.6) is 0 Å². The van der Waals surface area contributed by atoms with E-state index in [1.807, 2.05) is 19.2 Å². The molecular formula is C16H17FN4O. The number of benzene rings is 1. The summed E-state index contributed by atoms with van der Waals surface area (Å²) in [7, 11) is 3.65. The lowest BCUT2D eigenvalue weighted by molar-refractivity contribution is 0.206. The van der Waals surface area contributed by atoms with Gasteiger partial charge in [0.25, 0.3) is 0 Å². The minimum absolute atomic E-state index is 0.258. The van der Waals surface area contributed by atoms with Crippen molar-refractivity contribution in [2.24, 2.45) is 0 Å². The van der Waals surface area contributed by atoms with Gasteiger partial charge in [-0.1, -0.05) is 0 Å². The van der Waals surface area contributed by atoms with Crippen molar-refractivity contribution in [2.45, 2.75) is 0 Å². The van der Waals surface area contributed by atoms with Crippen molar-refractivity contribution in [1.82, 2.24) is 14.6 Å². The first kappa shape index (κ1) is 14.5. The van der Waals surface area contributed by atoms with Crippen molar-refractivity contribution >= 4 is 11.5 Å². The fourth-order valence-corrected chi connectivity index (χ4v) is 2.28. The number of fused-ring (bicyclic) bond motifs is 1. The van der Waals surface area contributed by atoms with Gasteiger partial charge in [0.05, 0.1) is 18.5 Å². The Balaban J connectivity index is 2.06. The predicted octanol–water partition coefficient (Wildman–Crippen LogP) is 2.62. The summed E-state index contributed by atoms with van der Waals surface area (Å²) in [5, 5.41) is 4.31. The SMILES string of the molecule is COCCN(C)c1cc(-c2ccc(F)cc2)nc2ccnn12. The van der Waals surface area contributed by atoms with Crippen molar-refractivity contribution in [3.8, 4) is 11.3 Å². The van der Waals surface area contributed by atoms with Gasteiger partial charge in [0.1, 0.15) is 11.6 Å². The van der Waals surface area contributed by atoms with Gasteiger partial charge in [-0.05, 0) is 24.3 Å². The molecule has 0 bridgehead atoms. The average molecular weight is 300 g/mol. The van der Waals surface area contributed by atoms with Crippen LogP contribution in [0.3, 0.4) is 0 Å². The molecule has 3 aromatic rings. The lowest BCUT2D eigenvalue weighted by Gasteiger charge is -2.20. The molecule has 0 aliphatic rings. The quantitative estimate of drug-likeness (QED) is 0.726. The summed E-state index contributed by atoms with van der Waals surface area (Å²) < 4.78 is 20.0. The van der Waals surface area contributed by atoms with Crippen LogP contribution < -0.4 is 4.90 Å². The second-order valence-electron chi connectivity index (χ2n) is 5.02. The molecule has 0 aliphatic heterocycles. The molecule has 0 amide bonds.